The summed E-state index contributed by atoms with van der Waals surface area (Å²) in [6, 6.07) is 0. The molecule has 0 radical (unpaired) electrons. The van der Waals surface area contributed by atoms with E-state index >= 15 is 0 Å². The molecule has 1 heterocycles. The van der Waals surface area contributed by atoms with E-state index in [2.05, 4.69) is 14.1 Å². The zero-order valence-corrected chi connectivity index (χ0v) is 5.86. The molecule has 1 aliphatic heterocycles. The Labute approximate surface area is 51.5 Å². The third kappa shape index (κ3) is 1.27. The van der Waals surface area contributed by atoms with E-state index in [1.807, 2.05) is 0 Å². The molecule has 0 amide bonds. The molecule has 0 aromatic rings. The smallest absolute Gasteiger partial charge is 0.124 e. The lowest BCUT2D eigenvalue weighted by Gasteiger charge is -2.02. The average Bonchev–Trinajstić information content (AvgIpc) is 2.14. The SMILES string of the molecule is O=C[C@@H]1CCN(P)C1. The summed E-state index contributed by atoms with van der Waals surface area (Å²) in [4.78, 5) is 10.1. The summed E-state index contributed by atoms with van der Waals surface area (Å²) in [5, 5.41) is 0. The van der Waals surface area contributed by atoms with Crippen LogP contribution in [-0.4, -0.2) is 24.0 Å². The minimum atomic E-state index is 0.299. The normalized spacial score (nSPS) is 30.9. The Morgan fingerprint density at radius 3 is 2.75 bits per heavy atom. The van der Waals surface area contributed by atoms with Crippen LogP contribution >= 0.6 is 9.39 Å². The molecule has 0 aromatic carbocycles. The van der Waals surface area contributed by atoms with Gasteiger partial charge >= 0.3 is 0 Å². The molecule has 0 bridgehead atoms. The number of hydrogen-bond donors (Lipinski definition) is 0. The van der Waals surface area contributed by atoms with Crippen LogP contribution in [0.2, 0.25) is 0 Å². The maximum atomic E-state index is 10.1. The number of carbonyl (C=O) groups excluding carboxylic acids is 1. The van der Waals surface area contributed by atoms with Crippen molar-refractivity contribution in [3.63, 3.8) is 0 Å². The fraction of sp³-hybridized carbons (Fsp3) is 0.800. The van der Waals surface area contributed by atoms with Crippen LogP contribution in [0.5, 0.6) is 0 Å². The molecular weight excluding hydrogens is 121 g/mol. The maximum Gasteiger partial charge on any atom is 0.124 e. The molecule has 0 aromatic heterocycles. The molecule has 0 saturated carbocycles. The highest BCUT2D eigenvalue weighted by Crippen LogP contribution is 2.16. The summed E-state index contributed by atoms with van der Waals surface area (Å²) in [6.45, 7) is 1.97. The van der Waals surface area contributed by atoms with Crippen LogP contribution in [0.15, 0.2) is 0 Å². The highest BCUT2D eigenvalue weighted by atomic mass is 31.0. The van der Waals surface area contributed by atoms with Gasteiger partial charge in [0.1, 0.15) is 6.29 Å². The van der Waals surface area contributed by atoms with Gasteiger partial charge in [-0.25, -0.2) is 0 Å². The molecule has 0 spiro atoms. The highest BCUT2D eigenvalue weighted by molar-refractivity contribution is 7.13. The van der Waals surface area contributed by atoms with Crippen molar-refractivity contribution in [3.8, 4) is 0 Å². The summed E-state index contributed by atoms with van der Waals surface area (Å²) in [6.07, 6.45) is 2.08. The number of carbonyl (C=O) groups is 1. The molecular formula is C5H10NOP. The van der Waals surface area contributed by atoms with Gasteiger partial charge in [-0.3, -0.25) is 4.67 Å². The second-order valence-corrected chi connectivity index (χ2v) is 2.91. The van der Waals surface area contributed by atoms with E-state index in [0.717, 1.165) is 25.8 Å². The van der Waals surface area contributed by atoms with Crippen molar-refractivity contribution < 1.29 is 4.79 Å². The Bertz CT molecular complexity index is 96.4. The fourth-order valence-electron chi connectivity index (χ4n) is 0.927. The average molecular weight is 131 g/mol. The van der Waals surface area contributed by atoms with Crippen molar-refractivity contribution in [2.75, 3.05) is 13.1 Å². The van der Waals surface area contributed by atoms with Gasteiger partial charge in [-0.2, -0.15) is 0 Å². The van der Waals surface area contributed by atoms with Gasteiger partial charge in [0.25, 0.3) is 0 Å². The Morgan fingerprint density at radius 2 is 2.50 bits per heavy atom. The van der Waals surface area contributed by atoms with Gasteiger partial charge in [0.05, 0.1) is 0 Å². The Hall–Kier alpha value is 0.0600. The summed E-state index contributed by atoms with van der Waals surface area (Å²) in [5.41, 5.74) is 0. The van der Waals surface area contributed by atoms with Crippen LogP contribution in [0.4, 0.5) is 0 Å². The van der Waals surface area contributed by atoms with Crippen molar-refractivity contribution in [3.05, 3.63) is 0 Å². The summed E-state index contributed by atoms with van der Waals surface area (Å²) in [7, 11) is 2.60. The van der Waals surface area contributed by atoms with Gasteiger partial charge in [0.15, 0.2) is 0 Å². The fourth-order valence-corrected chi connectivity index (χ4v) is 1.35. The Balaban J connectivity index is 2.32. The van der Waals surface area contributed by atoms with Crippen LogP contribution in [-0.2, 0) is 4.79 Å². The molecule has 46 valence electrons. The number of aldehydes is 1. The van der Waals surface area contributed by atoms with Gasteiger partial charge in [0, 0.05) is 19.0 Å². The molecule has 1 saturated heterocycles. The standard InChI is InChI=1S/C5H10NOP/c7-4-5-1-2-6(8)3-5/h4-5H,1-3,8H2/t5-/m1/s1. The molecule has 0 aliphatic carbocycles. The van der Waals surface area contributed by atoms with E-state index in [0.29, 0.717) is 5.92 Å². The first kappa shape index (κ1) is 6.18. The van der Waals surface area contributed by atoms with Crippen molar-refractivity contribution in [1.29, 1.82) is 0 Å². The van der Waals surface area contributed by atoms with E-state index in [-0.39, 0.29) is 0 Å². The number of nitrogens with zero attached hydrogens (tertiary/aromatic N) is 1. The van der Waals surface area contributed by atoms with Crippen LogP contribution in [0, 0.1) is 5.92 Å². The third-order valence-corrected chi connectivity index (χ3v) is 1.92. The molecule has 1 unspecified atom stereocenters. The van der Waals surface area contributed by atoms with E-state index in [1.165, 1.54) is 0 Å². The molecule has 0 N–H and O–H groups in total. The molecule has 8 heavy (non-hydrogen) atoms. The minimum Gasteiger partial charge on any atom is -0.303 e. The number of rotatable bonds is 1. The first-order valence-corrected chi connectivity index (χ1v) is 3.29. The lowest BCUT2D eigenvalue weighted by molar-refractivity contribution is -0.110. The van der Waals surface area contributed by atoms with E-state index in [1.54, 1.807) is 0 Å². The minimum absolute atomic E-state index is 0.299. The van der Waals surface area contributed by atoms with Crippen LogP contribution < -0.4 is 0 Å². The zero-order valence-electron chi connectivity index (χ0n) is 4.71. The topological polar surface area (TPSA) is 20.3 Å². The maximum absolute atomic E-state index is 10.1. The van der Waals surface area contributed by atoms with E-state index in [4.69, 9.17) is 0 Å². The zero-order chi connectivity index (χ0) is 5.98. The molecule has 2 atom stereocenters. The molecule has 1 aliphatic rings. The number of hydrogen-bond acceptors (Lipinski definition) is 2. The van der Waals surface area contributed by atoms with Gasteiger partial charge < -0.3 is 4.79 Å². The van der Waals surface area contributed by atoms with Gasteiger partial charge in [-0.1, -0.05) is 9.39 Å². The predicted octanol–water partition coefficient (Wildman–Crippen LogP) is 0.297. The monoisotopic (exact) mass is 131 g/mol. The Morgan fingerprint density at radius 1 is 1.75 bits per heavy atom. The van der Waals surface area contributed by atoms with Crippen LogP contribution in [0.1, 0.15) is 6.42 Å². The summed E-state index contributed by atoms with van der Waals surface area (Å²) in [5.74, 6) is 0.299. The molecule has 3 heteroatoms. The van der Waals surface area contributed by atoms with Gasteiger partial charge in [-0.05, 0) is 6.42 Å². The highest BCUT2D eigenvalue weighted by Gasteiger charge is 2.17. The molecule has 1 fully saturated rings. The third-order valence-electron chi connectivity index (χ3n) is 1.45. The van der Waals surface area contributed by atoms with Crippen molar-refractivity contribution in [1.82, 2.24) is 4.67 Å². The largest absolute Gasteiger partial charge is 0.303 e. The van der Waals surface area contributed by atoms with Crippen molar-refractivity contribution in [2.24, 2.45) is 5.92 Å². The van der Waals surface area contributed by atoms with Crippen molar-refractivity contribution >= 4 is 15.7 Å². The lowest BCUT2D eigenvalue weighted by atomic mass is 10.2. The first-order valence-electron chi connectivity index (χ1n) is 2.78. The second-order valence-electron chi connectivity index (χ2n) is 2.18. The quantitative estimate of drug-likeness (QED) is 0.376. The Kier molecular flexibility index (Phi) is 1.98. The lowest BCUT2D eigenvalue weighted by Crippen LogP contribution is -2.07. The van der Waals surface area contributed by atoms with Crippen molar-refractivity contribution in [2.45, 2.75) is 6.42 Å². The molecule has 1 rings (SSSR count). The van der Waals surface area contributed by atoms with Crippen LogP contribution in [0.3, 0.4) is 0 Å². The molecule has 2 nitrogen and oxygen atoms in total. The van der Waals surface area contributed by atoms with E-state index < -0.39 is 0 Å². The first-order chi connectivity index (χ1) is 3.83. The summed E-state index contributed by atoms with van der Waals surface area (Å²) < 4.78 is 2.10. The summed E-state index contributed by atoms with van der Waals surface area (Å²) >= 11 is 0. The van der Waals surface area contributed by atoms with Crippen LogP contribution in [0.25, 0.3) is 0 Å². The predicted molar refractivity (Wildman–Crippen MR) is 35.5 cm³/mol. The van der Waals surface area contributed by atoms with E-state index in [9.17, 15) is 4.79 Å². The van der Waals surface area contributed by atoms with Gasteiger partial charge in [0.2, 0.25) is 0 Å². The van der Waals surface area contributed by atoms with Gasteiger partial charge in [-0.15, -0.1) is 0 Å². The second kappa shape index (κ2) is 2.56.